The molecule has 1 aromatic heterocycles. The fourth-order valence-electron chi connectivity index (χ4n) is 2.90. The highest BCUT2D eigenvalue weighted by Crippen LogP contribution is 2.29. The topological polar surface area (TPSA) is 46.2 Å². The summed E-state index contributed by atoms with van der Waals surface area (Å²) in [5.41, 5.74) is 3.08. The van der Waals surface area contributed by atoms with Crippen molar-refractivity contribution in [3.05, 3.63) is 66.4 Å². The number of ether oxygens (including phenoxy) is 1. The molecular formula is C21H23N3OS. The molecule has 3 rings (SSSR count). The molecule has 0 amide bonds. The molecule has 1 heterocycles. The van der Waals surface area contributed by atoms with E-state index in [2.05, 4.69) is 46.8 Å². The summed E-state index contributed by atoms with van der Waals surface area (Å²) in [6.45, 7) is 2.14. The van der Waals surface area contributed by atoms with Gasteiger partial charge in [-0.25, -0.2) is 0 Å². The highest BCUT2D eigenvalue weighted by atomic mass is 32.1. The molecule has 0 spiro atoms. The van der Waals surface area contributed by atoms with E-state index in [0.717, 1.165) is 35.2 Å². The summed E-state index contributed by atoms with van der Waals surface area (Å²) in [6, 6.07) is 18.5. The minimum Gasteiger partial charge on any atom is -0.494 e. The Hall–Kier alpha value is -2.66. The van der Waals surface area contributed by atoms with Crippen LogP contribution in [0.1, 0.15) is 18.9 Å². The number of fused-ring (bicyclic) bond motifs is 1. The quantitative estimate of drug-likeness (QED) is 0.628. The minimum absolute atomic E-state index is 0.276. The summed E-state index contributed by atoms with van der Waals surface area (Å²) in [5.74, 6) is 0.751. The predicted octanol–water partition coefficient (Wildman–Crippen LogP) is 4.55. The monoisotopic (exact) mass is 365 g/mol. The van der Waals surface area contributed by atoms with Crippen LogP contribution in [0, 0.1) is 0 Å². The summed E-state index contributed by atoms with van der Waals surface area (Å²) in [4.78, 5) is 4.42. The lowest BCUT2D eigenvalue weighted by atomic mass is 10.1. The second-order valence-corrected chi connectivity index (χ2v) is 6.65. The molecule has 0 saturated heterocycles. The van der Waals surface area contributed by atoms with Crippen LogP contribution in [0.2, 0.25) is 0 Å². The summed E-state index contributed by atoms with van der Waals surface area (Å²) in [7, 11) is 1.65. The first kappa shape index (κ1) is 18.1. The maximum Gasteiger partial charge on any atom is 0.171 e. The smallest absolute Gasteiger partial charge is 0.171 e. The van der Waals surface area contributed by atoms with Crippen LogP contribution in [-0.4, -0.2) is 23.2 Å². The lowest BCUT2D eigenvalue weighted by Crippen LogP contribution is -2.36. The van der Waals surface area contributed by atoms with Crippen LogP contribution in [0.15, 0.2) is 60.8 Å². The molecule has 2 N–H and O–H groups in total. The van der Waals surface area contributed by atoms with Crippen molar-refractivity contribution in [2.45, 2.75) is 25.8 Å². The molecule has 2 aromatic carbocycles. The molecule has 0 aliphatic rings. The number of nitrogens with zero attached hydrogens (tertiary/aromatic N) is 1. The van der Waals surface area contributed by atoms with Gasteiger partial charge < -0.3 is 15.4 Å². The van der Waals surface area contributed by atoms with Crippen LogP contribution in [0.4, 0.5) is 5.69 Å². The van der Waals surface area contributed by atoms with E-state index in [1.165, 1.54) is 5.56 Å². The maximum absolute atomic E-state index is 5.49. The van der Waals surface area contributed by atoms with Gasteiger partial charge in [-0.15, -0.1) is 0 Å². The van der Waals surface area contributed by atoms with E-state index >= 15 is 0 Å². The summed E-state index contributed by atoms with van der Waals surface area (Å²) >= 11 is 5.49. The Balaban J connectivity index is 1.62. The molecule has 0 fully saturated rings. The van der Waals surface area contributed by atoms with E-state index < -0.39 is 0 Å². The van der Waals surface area contributed by atoms with Crippen molar-refractivity contribution < 1.29 is 4.74 Å². The third kappa shape index (κ3) is 4.49. The highest BCUT2D eigenvalue weighted by Gasteiger charge is 2.10. The zero-order chi connectivity index (χ0) is 18.4. The van der Waals surface area contributed by atoms with Gasteiger partial charge in [-0.3, -0.25) is 4.98 Å². The molecule has 1 unspecified atom stereocenters. The Morgan fingerprint density at radius 2 is 1.92 bits per heavy atom. The molecule has 0 radical (unpaired) electrons. The third-order valence-electron chi connectivity index (χ3n) is 4.29. The minimum atomic E-state index is 0.276. The van der Waals surface area contributed by atoms with Crippen LogP contribution >= 0.6 is 12.2 Å². The zero-order valence-electron chi connectivity index (χ0n) is 15.0. The van der Waals surface area contributed by atoms with Gasteiger partial charge in [0.1, 0.15) is 11.3 Å². The molecule has 5 heteroatoms. The van der Waals surface area contributed by atoms with E-state index in [4.69, 9.17) is 17.0 Å². The Bertz CT molecular complexity index is 883. The van der Waals surface area contributed by atoms with Crippen LogP contribution in [0.5, 0.6) is 5.75 Å². The average Bonchev–Trinajstić information content (AvgIpc) is 2.67. The number of hydrogen-bond donors (Lipinski definition) is 2. The number of benzene rings is 2. The molecule has 1 atom stereocenters. The summed E-state index contributed by atoms with van der Waals surface area (Å²) < 4.78 is 5.39. The van der Waals surface area contributed by atoms with E-state index in [-0.39, 0.29) is 6.04 Å². The fraction of sp³-hybridized carbons (Fsp3) is 0.238. The standard InChI is InChI=1S/C21H23N3OS/c1-15(10-11-16-7-4-3-5-8-16)23-21(26)24-18-12-13-19(25-2)20-17(18)9-6-14-22-20/h3-9,12-15H,10-11H2,1-2H3,(H2,23,24,26). The third-order valence-corrected chi connectivity index (χ3v) is 4.51. The first-order valence-electron chi connectivity index (χ1n) is 8.70. The molecule has 134 valence electrons. The van der Waals surface area contributed by atoms with Gasteiger partial charge >= 0.3 is 0 Å². The number of nitrogens with one attached hydrogen (secondary N) is 2. The van der Waals surface area contributed by atoms with Crippen LogP contribution in [0.3, 0.4) is 0 Å². The molecule has 4 nitrogen and oxygen atoms in total. The van der Waals surface area contributed by atoms with Gasteiger partial charge in [0.05, 0.1) is 7.11 Å². The van der Waals surface area contributed by atoms with Crippen LogP contribution in [-0.2, 0) is 6.42 Å². The largest absolute Gasteiger partial charge is 0.494 e. The van der Waals surface area contributed by atoms with Crippen molar-refractivity contribution >= 4 is 33.9 Å². The molecule has 26 heavy (non-hydrogen) atoms. The molecule has 0 saturated carbocycles. The van der Waals surface area contributed by atoms with E-state index in [1.54, 1.807) is 13.3 Å². The van der Waals surface area contributed by atoms with E-state index in [0.29, 0.717) is 5.11 Å². The number of methoxy groups -OCH3 is 1. The summed E-state index contributed by atoms with van der Waals surface area (Å²) in [5, 5.41) is 8.24. The number of rotatable bonds is 6. The number of hydrogen-bond acceptors (Lipinski definition) is 3. The lowest BCUT2D eigenvalue weighted by Gasteiger charge is -2.18. The van der Waals surface area contributed by atoms with Crippen molar-refractivity contribution in [3.8, 4) is 5.75 Å². The number of aryl methyl sites for hydroxylation is 1. The van der Waals surface area contributed by atoms with E-state index in [9.17, 15) is 0 Å². The van der Waals surface area contributed by atoms with Gasteiger partial charge in [-0.05, 0) is 61.8 Å². The Morgan fingerprint density at radius 1 is 1.12 bits per heavy atom. The Kier molecular flexibility index (Phi) is 6.02. The molecule has 0 aliphatic carbocycles. The highest BCUT2D eigenvalue weighted by molar-refractivity contribution is 7.80. The van der Waals surface area contributed by atoms with Gasteiger partial charge in [-0.2, -0.15) is 0 Å². The van der Waals surface area contributed by atoms with Gasteiger partial charge in [-0.1, -0.05) is 30.3 Å². The first-order chi connectivity index (χ1) is 12.7. The zero-order valence-corrected chi connectivity index (χ0v) is 15.8. The second-order valence-electron chi connectivity index (χ2n) is 6.24. The van der Waals surface area contributed by atoms with Gasteiger partial charge in [0.15, 0.2) is 5.11 Å². The van der Waals surface area contributed by atoms with Crippen LogP contribution in [0.25, 0.3) is 10.9 Å². The second kappa shape index (κ2) is 8.63. The van der Waals surface area contributed by atoms with Crippen LogP contribution < -0.4 is 15.4 Å². The van der Waals surface area contributed by atoms with Crippen molar-refractivity contribution in [2.75, 3.05) is 12.4 Å². The SMILES string of the molecule is COc1ccc(NC(=S)NC(C)CCc2ccccc2)c2cccnc12. The molecule has 0 aliphatic heterocycles. The molecule has 3 aromatic rings. The van der Waals surface area contributed by atoms with Gasteiger partial charge in [0.25, 0.3) is 0 Å². The fourth-order valence-corrected chi connectivity index (χ4v) is 3.21. The molecule has 0 bridgehead atoms. The van der Waals surface area contributed by atoms with Crippen molar-refractivity contribution in [2.24, 2.45) is 0 Å². The predicted molar refractivity (Wildman–Crippen MR) is 112 cm³/mol. The van der Waals surface area contributed by atoms with Crippen molar-refractivity contribution in [1.82, 2.24) is 10.3 Å². The van der Waals surface area contributed by atoms with Gasteiger partial charge in [0.2, 0.25) is 0 Å². The number of pyridine rings is 1. The Morgan fingerprint density at radius 3 is 2.69 bits per heavy atom. The number of anilines is 1. The first-order valence-corrected chi connectivity index (χ1v) is 9.11. The van der Waals surface area contributed by atoms with Crippen molar-refractivity contribution in [1.29, 1.82) is 0 Å². The number of aromatic nitrogens is 1. The van der Waals surface area contributed by atoms with E-state index in [1.807, 2.05) is 30.3 Å². The Labute approximate surface area is 159 Å². The normalized spacial score (nSPS) is 11.8. The summed E-state index contributed by atoms with van der Waals surface area (Å²) in [6.07, 6.45) is 3.79. The number of thiocarbonyl (C=S) groups is 1. The van der Waals surface area contributed by atoms with Gasteiger partial charge in [0, 0.05) is 23.3 Å². The maximum atomic E-state index is 5.49. The lowest BCUT2D eigenvalue weighted by molar-refractivity contribution is 0.419. The van der Waals surface area contributed by atoms with Crippen molar-refractivity contribution in [3.63, 3.8) is 0 Å². The average molecular weight is 366 g/mol. The molecular weight excluding hydrogens is 342 g/mol.